The Kier molecular flexibility index (Phi) is 7.61. The lowest BCUT2D eigenvalue weighted by molar-refractivity contribution is 0.306. The minimum absolute atomic E-state index is 0. The number of likely N-dealkylation sites (tertiary alicyclic amines) is 1. The number of hydrogen-bond acceptors (Lipinski definition) is 4. The smallest absolute Gasteiger partial charge is 0.119 e. The predicted molar refractivity (Wildman–Crippen MR) is 118 cm³/mol. The van der Waals surface area contributed by atoms with Gasteiger partial charge in [0.2, 0.25) is 0 Å². The quantitative estimate of drug-likeness (QED) is 0.679. The molecule has 3 unspecified atom stereocenters. The maximum atomic E-state index is 5.96. The molecule has 6 heteroatoms. The topological polar surface area (TPSA) is 50.5 Å². The predicted octanol–water partition coefficient (Wildman–Crippen LogP) is 3.82. The number of nitrogens with two attached hydrogens (primary N) is 1. The van der Waals surface area contributed by atoms with Crippen LogP contribution in [0.2, 0.25) is 5.02 Å². The van der Waals surface area contributed by atoms with Gasteiger partial charge in [0, 0.05) is 42.7 Å². The Morgan fingerprint density at radius 1 is 1.11 bits per heavy atom. The van der Waals surface area contributed by atoms with Crippen molar-refractivity contribution >= 4 is 24.0 Å². The van der Waals surface area contributed by atoms with Crippen LogP contribution in [0, 0.1) is 0 Å². The van der Waals surface area contributed by atoms with E-state index in [1.165, 1.54) is 12.0 Å². The molecule has 0 radical (unpaired) electrons. The molecular weight excluding hydrogens is 393 g/mol. The van der Waals surface area contributed by atoms with Gasteiger partial charge < -0.3 is 20.7 Å². The van der Waals surface area contributed by atoms with Crippen molar-refractivity contribution in [3.05, 3.63) is 64.7 Å². The molecule has 1 aliphatic heterocycles. The lowest BCUT2D eigenvalue weighted by atomic mass is 10.1. The fraction of sp³-hybridized carbons (Fsp3) is 0.455. The zero-order chi connectivity index (χ0) is 18.6. The van der Waals surface area contributed by atoms with Crippen molar-refractivity contribution in [1.29, 1.82) is 0 Å². The summed E-state index contributed by atoms with van der Waals surface area (Å²) in [7, 11) is 0. The van der Waals surface area contributed by atoms with Gasteiger partial charge in [0.25, 0.3) is 0 Å². The largest absolute Gasteiger partial charge is 0.489 e. The van der Waals surface area contributed by atoms with Crippen molar-refractivity contribution in [1.82, 2.24) is 10.2 Å². The van der Waals surface area contributed by atoms with E-state index < -0.39 is 0 Å². The molecular formula is C22H29Cl2N3O. The molecule has 2 aromatic carbocycles. The van der Waals surface area contributed by atoms with Gasteiger partial charge in [-0.05, 0) is 54.8 Å². The van der Waals surface area contributed by atoms with Crippen LogP contribution in [-0.4, -0.2) is 43.2 Å². The summed E-state index contributed by atoms with van der Waals surface area (Å²) in [5.74, 6) is 1.54. The summed E-state index contributed by atoms with van der Waals surface area (Å²) in [6, 6.07) is 17.3. The van der Waals surface area contributed by atoms with Gasteiger partial charge >= 0.3 is 0 Å². The maximum absolute atomic E-state index is 5.96. The van der Waals surface area contributed by atoms with Gasteiger partial charge in [-0.3, -0.25) is 0 Å². The van der Waals surface area contributed by atoms with Crippen LogP contribution in [0.4, 0.5) is 0 Å². The second kappa shape index (κ2) is 9.95. The molecule has 1 saturated heterocycles. The van der Waals surface area contributed by atoms with Crippen LogP contribution in [0.5, 0.6) is 5.75 Å². The first-order valence-electron chi connectivity index (χ1n) is 9.86. The van der Waals surface area contributed by atoms with Gasteiger partial charge in [-0.25, -0.2) is 0 Å². The summed E-state index contributed by atoms with van der Waals surface area (Å²) in [6.45, 7) is 4.91. The molecule has 4 nitrogen and oxygen atoms in total. The molecule has 0 bridgehead atoms. The van der Waals surface area contributed by atoms with Crippen LogP contribution in [0.25, 0.3) is 0 Å². The number of ether oxygens (including phenoxy) is 1. The van der Waals surface area contributed by atoms with Crippen molar-refractivity contribution in [2.45, 2.75) is 37.5 Å². The Hall–Kier alpha value is -1.30. The fourth-order valence-corrected chi connectivity index (χ4v) is 3.95. The van der Waals surface area contributed by atoms with Crippen LogP contribution in [0.15, 0.2) is 48.5 Å². The van der Waals surface area contributed by atoms with Crippen molar-refractivity contribution in [3.63, 3.8) is 0 Å². The van der Waals surface area contributed by atoms with Crippen LogP contribution < -0.4 is 15.8 Å². The van der Waals surface area contributed by atoms with Crippen LogP contribution in [-0.2, 0) is 6.61 Å². The summed E-state index contributed by atoms with van der Waals surface area (Å²) < 4.78 is 5.87. The van der Waals surface area contributed by atoms with Crippen LogP contribution >= 0.6 is 24.0 Å². The molecule has 0 aromatic heterocycles. The summed E-state index contributed by atoms with van der Waals surface area (Å²) >= 11 is 5.91. The molecule has 1 heterocycles. The first-order valence-corrected chi connectivity index (χ1v) is 10.2. The average Bonchev–Trinajstić information content (AvgIpc) is 3.34. The molecule has 1 saturated carbocycles. The highest BCUT2D eigenvalue weighted by Crippen LogP contribution is 2.41. The molecule has 0 amide bonds. The first kappa shape index (κ1) is 21.4. The van der Waals surface area contributed by atoms with E-state index in [2.05, 4.69) is 34.5 Å². The normalized spacial score (nSPS) is 24.0. The number of nitrogens with one attached hydrogen (secondary N) is 1. The molecule has 2 aliphatic rings. The molecule has 1 aliphatic carbocycles. The second-order valence-electron chi connectivity index (χ2n) is 7.74. The van der Waals surface area contributed by atoms with Gasteiger partial charge in [0.1, 0.15) is 12.4 Å². The monoisotopic (exact) mass is 421 g/mol. The SMILES string of the molecule is Cl.NC1CCN(CCNC2CC2c2ccc(OCc3ccc(Cl)cc3)cc2)C1. The summed E-state index contributed by atoms with van der Waals surface area (Å²) in [5, 5.41) is 4.44. The van der Waals surface area contributed by atoms with E-state index in [0.717, 1.165) is 48.9 Å². The van der Waals surface area contributed by atoms with Gasteiger partial charge in [0.15, 0.2) is 0 Å². The fourth-order valence-electron chi connectivity index (χ4n) is 3.82. The number of hydrogen-bond donors (Lipinski definition) is 2. The Balaban J connectivity index is 0.00000225. The number of nitrogens with zero attached hydrogens (tertiary/aromatic N) is 1. The highest BCUT2D eigenvalue weighted by Gasteiger charge is 2.37. The molecule has 3 atom stereocenters. The van der Waals surface area contributed by atoms with Gasteiger partial charge in [-0.1, -0.05) is 35.9 Å². The average molecular weight is 422 g/mol. The number of benzene rings is 2. The number of rotatable bonds is 8. The van der Waals surface area contributed by atoms with Crippen LogP contribution in [0.3, 0.4) is 0 Å². The van der Waals surface area contributed by atoms with E-state index in [0.29, 0.717) is 24.6 Å². The van der Waals surface area contributed by atoms with E-state index in [-0.39, 0.29) is 12.4 Å². The van der Waals surface area contributed by atoms with E-state index in [9.17, 15) is 0 Å². The minimum Gasteiger partial charge on any atom is -0.489 e. The van der Waals surface area contributed by atoms with E-state index in [1.54, 1.807) is 0 Å². The third-order valence-corrected chi connectivity index (χ3v) is 5.81. The molecule has 2 aromatic rings. The molecule has 2 fully saturated rings. The van der Waals surface area contributed by atoms with Crippen LogP contribution in [0.1, 0.15) is 29.9 Å². The zero-order valence-corrected chi connectivity index (χ0v) is 17.6. The standard InChI is InChI=1S/C22H28ClN3O.ClH/c23-18-5-1-16(2-6-18)15-27-20-7-3-17(4-8-20)21-13-22(21)25-10-12-26-11-9-19(24)14-26;/h1-8,19,21-22,25H,9-15,24H2;1H. The third-order valence-electron chi connectivity index (χ3n) is 5.56. The Labute approximate surface area is 178 Å². The van der Waals surface area contributed by atoms with Gasteiger partial charge in [-0.15, -0.1) is 12.4 Å². The second-order valence-corrected chi connectivity index (χ2v) is 8.17. The Morgan fingerprint density at radius 3 is 2.54 bits per heavy atom. The Bertz CT molecular complexity index is 738. The summed E-state index contributed by atoms with van der Waals surface area (Å²) in [6.07, 6.45) is 2.36. The van der Waals surface area contributed by atoms with Crippen molar-refractivity contribution in [2.75, 3.05) is 26.2 Å². The van der Waals surface area contributed by atoms with Gasteiger partial charge in [0.05, 0.1) is 0 Å². The summed E-state index contributed by atoms with van der Waals surface area (Å²) in [4.78, 5) is 2.46. The number of halogens is 2. The van der Waals surface area contributed by atoms with Crippen molar-refractivity contribution < 1.29 is 4.74 Å². The minimum atomic E-state index is 0. The van der Waals surface area contributed by atoms with Crippen molar-refractivity contribution in [3.8, 4) is 5.75 Å². The van der Waals surface area contributed by atoms with Crippen molar-refractivity contribution in [2.24, 2.45) is 5.73 Å². The lowest BCUT2D eigenvalue weighted by Crippen LogP contribution is -2.33. The highest BCUT2D eigenvalue weighted by molar-refractivity contribution is 6.30. The first-order chi connectivity index (χ1) is 13.2. The molecule has 0 spiro atoms. The van der Waals surface area contributed by atoms with E-state index in [1.807, 2.05) is 24.3 Å². The summed E-state index contributed by atoms with van der Waals surface area (Å²) in [5.41, 5.74) is 8.48. The van der Waals surface area contributed by atoms with E-state index in [4.69, 9.17) is 22.1 Å². The molecule has 4 rings (SSSR count). The maximum Gasteiger partial charge on any atom is 0.119 e. The molecule has 3 N–H and O–H groups in total. The van der Waals surface area contributed by atoms with Gasteiger partial charge in [-0.2, -0.15) is 0 Å². The highest BCUT2D eigenvalue weighted by atomic mass is 35.5. The third kappa shape index (κ3) is 5.85. The zero-order valence-electron chi connectivity index (χ0n) is 16.0. The Morgan fingerprint density at radius 2 is 1.86 bits per heavy atom. The lowest BCUT2D eigenvalue weighted by Gasteiger charge is -2.15. The van der Waals surface area contributed by atoms with E-state index >= 15 is 0 Å². The molecule has 28 heavy (non-hydrogen) atoms. The molecule has 152 valence electrons.